The van der Waals surface area contributed by atoms with Crippen LogP contribution in [0, 0.1) is 0 Å². The molecule has 3 aromatic rings. The monoisotopic (exact) mass is 294 g/mol. The summed E-state index contributed by atoms with van der Waals surface area (Å²) >= 11 is 1.26. The summed E-state index contributed by atoms with van der Waals surface area (Å²) in [5.74, 6) is -0.867. The zero-order chi connectivity index (χ0) is 14.7. The molecule has 0 bridgehead atoms. The van der Waals surface area contributed by atoms with E-state index in [0.717, 1.165) is 17.5 Å². The second-order valence-electron chi connectivity index (χ2n) is 4.83. The van der Waals surface area contributed by atoms with Gasteiger partial charge in [0.25, 0.3) is 0 Å². The molecule has 0 aliphatic carbocycles. The third-order valence-electron chi connectivity index (χ3n) is 3.38. The van der Waals surface area contributed by atoms with Gasteiger partial charge in [0.2, 0.25) is 0 Å². The van der Waals surface area contributed by atoms with Crippen LogP contribution in [0.15, 0.2) is 66.0 Å². The van der Waals surface area contributed by atoms with Gasteiger partial charge in [-0.05, 0) is 34.6 Å². The molecule has 3 rings (SSSR count). The molecule has 0 saturated heterocycles. The molecule has 0 spiro atoms. The first-order chi connectivity index (χ1) is 10.2. The van der Waals surface area contributed by atoms with Crippen molar-refractivity contribution >= 4 is 17.3 Å². The lowest BCUT2D eigenvalue weighted by Gasteiger charge is -2.05. The summed E-state index contributed by atoms with van der Waals surface area (Å²) in [6.07, 6.45) is 0.885. The number of hydrogen-bond donors (Lipinski definition) is 1. The molecular weight excluding hydrogens is 280 g/mol. The van der Waals surface area contributed by atoms with Crippen molar-refractivity contribution in [2.45, 2.75) is 6.42 Å². The molecule has 0 saturated carbocycles. The van der Waals surface area contributed by atoms with Crippen LogP contribution in [0.1, 0.15) is 20.8 Å². The molecule has 1 heterocycles. The smallest absolute Gasteiger partial charge is 0.346 e. The van der Waals surface area contributed by atoms with Gasteiger partial charge in [-0.15, -0.1) is 11.3 Å². The van der Waals surface area contributed by atoms with Crippen LogP contribution in [0.4, 0.5) is 0 Å². The van der Waals surface area contributed by atoms with Gasteiger partial charge in [-0.2, -0.15) is 0 Å². The highest BCUT2D eigenvalue weighted by atomic mass is 32.1. The van der Waals surface area contributed by atoms with E-state index < -0.39 is 5.97 Å². The van der Waals surface area contributed by atoms with Crippen molar-refractivity contribution in [3.05, 3.63) is 82.0 Å². The van der Waals surface area contributed by atoms with Crippen LogP contribution < -0.4 is 0 Å². The fourth-order valence-corrected chi connectivity index (χ4v) is 3.09. The molecule has 1 aromatic heterocycles. The molecule has 0 fully saturated rings. The molecule has 0 radical (unpaired) electrons. The molecule has 0 unspecified atom stereocenters. The normalized spacial score (nSPS) is 10.5. The maximum atomic E-state index is 11.2. The zero-order valence-electron chi connectivity index (χ0n) is 11.3. The fourth-order valence-electron chi connectivity index (χ4n) is 2.34. The van der Waals surface area contributed by atoms with E-state index in [9.17, 15) is 9.90 Å². The van der Waals surface area contributed by atoms with E-state index in [-0.39, 0.29) is 0 Å². The molecule has 2 aromatic carbocycles. The van der Waals surface area contributed by atoms with Crippen molar-refractivity contribution in [2.75, 3.05) is 0 Å². The van der Waals surface area contributed by atoms with Crippen molar-refractivity contribution in [1.82, 2.24) is 0 Å². The first kappa shape index (κ1) is 13.6. The highest BCUT2D eigenvalue weighted by Gasteiger charge is 2.12. The predicted molar refractivity (Wildman–Crippen MR) is 86.0 cm³/mol. The number of rotatable bonds is 4. The summed E-state index contributed by atoms with van der Waals surface area (Å²) in [5, 5.41) is 11.0. The van der Waals surface area contributed by atoms with E-state index in [0.29, 0.717) is 4.88 Å². The Kier molecular flexibility index (Phi) is 3.84. The summed E-state index contributed by atoms with van der Waals surface area (Å²) in [7, 11) is 0. The van der Waals surface area contributed by atoms with E-state index in [4.69, 9.17) is 0 Å². The summed E-state index contributed by atoms with van der Waals surface area (Å²) < 4.78 is 0. The van der Waals surface area contributed by atoms with Gasteiger partial charge in [0, 0.05) is 5.56 Å². The second-order valence-corrected chi connectivity index (χ2v) is 5.74. The molecule has 1 N–H and O–H groups in total. The van der Waals surface area contributed by atoms with Crippen LogP contribution in [-0.2, 0) is 6.42 Å². The number of carbonyl (C=O) groups is 1. The Balaban J connectivity index is 1.84. The molecule has 0 atom stereocenters. The van der Waals surface area contributed by atoms with Crippen LogP contribution in [0.3, 0.4) is 0 Å². The van der Waals surface area contributed by atoms with Gasteiger partial charge in [0.05, 0.1) is 0 Å². The zero-order valence-corrected chi connectivity index (χ0v) is 12.1. The third kappa shape index (κ3) is 3.03. The Morgan fingerprint density at radius 3 is 2.24 bits per heavy atom. The highest BCUT2D eigenvalue weighted by molar-refractivity contribution is 7.12. The Bertz CT molecular complexity index is 742. The number of carboxylic acid groups (broad SMARTS) is 1. The van der Waals surface area contributed by atoms with Gasteiger partial charge in [-0.3, -0.25) is 0 Å². The molecule has 0 amide bonds. The lowest BCUT2D eigenvalue weighted by Crippen LogP contribution is -1.94. The summed E-state index contributed by atoms with van der Waals surface area (Å²) in [6.45, 7) is 0. The average Bonchev–Trinajstić information content (AvgIpc) is 2.99. The van der Waals surface area contributed by atoms with E-state index in [2.05, 4.69) is 24.3 Å². The molecule has 21 heavy (non-hydrogen) atoms. The van der Waals surface area contributed by atoms with Crippen molar-refractivity contribution in [2.24, 2.45) is 0 Å². The lowest BCUT2D eigenvalue weighted by molar-refractivity contribution is 0.0703. The van der Waals surface area contributed by atoms with Gasteiger partial charge in [0.1, 0.15) is 4.88 Å². The number of carboxylic acids is 1. The standard InChI is InChI=1S/C18H14O2S/c19-18(20)17-16(10-11-21-17)15-8-6-14(7-9-15)12-13-4-2-1-3-5-13/h1-11H,12H2,(H,19,20). The first-order valence-corrected chi connectivity index (χ1v) is 7.56. The predicted octanol–water partition coefficient (Wildman–Crippen LogP) is 4.70. The highest BCUT2D eigenvalue weighted by Crippen LogP contribution is 2.28. The van der Waals surface area contributed by atoms with Crippen LogP contribution in [-0.4, -0.2) is 11.1 Å². The van der Waals surface area contributed by atoms with Crippen molar-refractivity contribution < 1.29 is 9.90 Å². The van der Waals surface area contributed by atoms with Crippen LogP contribution >= 0.6 is 11.3 Å². The number of benzene rings is 2. The summed E-state index contributed by atoms with van der Waals surface area (Å²) in [6, 6.07) is 20.3. The van der Waals surface area contributed by atoms with Gasteiger partial charge >= 0.3 is 5.97 Å². The largest absolute Gasteiger partial charge is 0.477 e. The van der Waals surface area contributed by atoms with Gasteiger partial charge < -0.3 is 5.11 Å². The summed E-state index contributed by atoms with van der Waals surface area (Å²) in [4.78, 5) is 11.6. The first-order valence-electron chi connectivity index (χ1n) is 6.68. The summed E-state index contributed by atoms with van der Waals surface area (Å²) in [5.41, 5.74) is 4.23. The molecule has 104 valence electrons. The molecule has 3 heteroatoms. The number of hydrogen-bond acceptors (Lipinski definition) is 2. The number of thiophene rings is 1. The molecule has 2 nitrogen and oxygen atoms in total. The Hall–Kier alpha value is -2.39. The second kappa shape index (κ2) is 5.94. The van der Waals surface area contributed by atoms with Gasteiger partial charge in [-0.25, -0.2) is 4.79 Å². The number of aromatic carboxylic acids is 1. The maximum absolute atomic E-state index is 11.2. The molecule has 0 aliphatic heterocycles. The topological polar surface area (TPSA) is 37.3 Å². The Morgan fingerprint density at radius 1 is 0.905 bits per heavy atom. The van der Waals surface area contributed by atoms with Crippen molar-refractivity contribution in [3.63, 3.8) is 0 Å². The minimum absolute atomic E-state index is 0.394. The maximum Gasteiger partial charge on any atom is 0.346 e. The Labute approximate surface area is 127 Å². The van der Waals surface area contributed by atoms with Crippen LogP contribution in [0.25, 0.3) is 11.1 Å². The third-order valence-corrected chi connectivity index (χ3v) is 4.28. The van der Waals surface area contributed by atoms with Gasteiger partial charge in [0.15, 0.2) is 0 Å². The minimum atomic E-state index is -0.867. The van der Waals surface area contributed by atoms with Gasteiger partial charge in [-0.1, -0.05) is 54.6 Å². The van der Waals surface area contributed by atoms with Crippen LogP contribution in [0.2, 0.25) is 0 Å². The lowest BCUT2D eigenvalue weighted by atomic mass is 10.0. The quantitative estimate of drug-likeness (QED) is 0.757. The Morgan fingerprint density at radius 2 is 1.57 bits per heavy atom. The van der Waals surface area contributed by atoms with Crippen LogP contribution in [0.5, 0.6) is 0 Å². The molecule has 0 aliphatic rings. The molecular formula is C18H14O2S. The van der Waals surface area contributed by atoms with E-state index in [1.807, 2.05) is 41.8 Å². The average molecular weight is 294 g/mol. The van der Waals surface area contributed by atoms with E-state index in [1.165, 1.54) is 22.5 Å². The fraction of sp³-hybridized carbons (Fsp3) is 0.0556. The van der Waals surface area contributed by atoms with E-state index in [1.54, 1.807) is 0 Å². The van der Waals surface area contributed by atoms with Crippen molar-refractivity contribution in [3.8, 4) is 11.1 Å². The van der Waals surface area contributed by atoms with Crippen molar-refractivity contribution in [1.29, 1.82) is 0 Å². The van der Waals surface area contributed by atoms with E-state index >= 15 is 0 Å². The minimum Gasteiger partial charge on any atom is -0.477 e. The SMILES string of the molecule is O=C(O)c1sccc1-c1ccc(Cc2ccccc2)cc1.